The third kappa shape index (κ3) is 3.61. The molecule has 0 spiro atoms. The third-order valence-electron chi connectivity index (χ3n) is 2.94. The largest absolute Gasteiger partial charge is 0.419 e. The Kier molecular flexibility index (Phi) is 5.35. The molecule has 1 aromatic rings. The van der Waals surface area contributed by atoms with Crippen molar-refractivity contribution in [2.24, 2.45) is 0 Å². The van der Waals surface area contributed by atoms with E-state index in [0.29, 0.717) is 19.0 Å². The molecule has 1 saturated heterocycles. The van der Waals surface area contributed by atoms with E-state index < -0.39 is 29.0 Å². The molecule has 0 aromatic heterocycles. The summed E-state index contributed by atoms with van der Waals surface area (Å²) in [6.07, 6.45) is -4.14. The highest BCUT2D eigenvalue weighted by Gasteiger charge is 2.35. The summed E-state index contributed by atoms with van der Waals surface area (Å²) in [7, 11) is 0. The van der Waals surface area contributed by atoms with Crippen molar-refractivity contribution in [3.63, 3.8) is 0 Å². The molecule has 0 bridgehead atoms. The topological polar surface area (TPSA) is 41.1 Å². The smallest absolute Gasteiger partial charge is 0.348 e. The van der Waals surface area contributed by atoms with E-state index in [1.165, 1.54) is 0 Å². The molecule has 3 nitrogen and oxygen atoms in total. The van der Waals surface area contributed by atoms with Crippen LogP contribution >= 0.6 is 12.4 Å². The fourth-order valence-corrected chi connectivity index (χ4v) is 1.97. The van der Waals surface area contributed by atoms with Crippen molar-refractivity contribution in [2.75, 3.05) is 13.1 Å². The highest BCUT2D eigenvalue weighted by Crippen LogP contribution is 2.32. The van der Waals surface area contributed by atoms with Gasteiger partial charge in [-0.25, -0.2) is 4.39 Å². The lowest BCUT2D eigenvalue weighted by molar-refractivity contribution is -0.140. The van der Waals surface area contributed by atoms with Crippen LogP contribution in [0.5, 0.6) is 0 Å². The summed E-state index contributed by atoms with van der Waals surface area (Å²) in [5.74, 6) is -2.35. The summed E-state index contributed by atoms with van der Waals surface area (Å²) in [6.45, 7) is 1.25. The second kappa shape index (κ2) is 6.41. The van der Waals surface area contributed by atoms with Gasteiger partial charge in [0.2, 0.25) is 0 Å². The van der Waals surface area contributed by atoms with E-state index in [0.717, 1.165) is 18.7 Å². The van der Waals surface area contributed by atoms with Crippen molar-refractivity contribution in [1.82, 2.24) is 10.6 Å². The van der Waals surface area contributed by atoms with Crippen molar-refractivity contribution < 1.29 is 22.4 Å². The van der Waals surface area contributed by atoms with Crippen molar-refractivity contribution in [3.8, 4) is 0 Å². The second-order valence-corrected chi connectivity index (χ2v) is 4.33. The van der Waals surface area contributed by atoms with E-state index in [1.54, 1.807) is 0 Å². The van der Waals surface area contributed by atoms with Gasteiger partial charge in [-0.05, 0) is 25.1 Å². The molecule has 0 saturated carbocycles. The summed E-state index contributed by atoms with van der Waals surface area (Å²) >= 11 is 0. The zero-order valence-corrected chi connectivity index (χ0v) is 11.1. The van der Waals surface area contributed by atoms with Crippen LogP contribution in [0.15, 0.2) is 18.2 Å². The fraction of sp³-hybridized carbons (Fsp3) is 0.417. The van der Waals surface area contributed by atoms with Crippen molar-refractivity contribution >= 4 is 18.3 Å². The van der Waals surface area contributed by atoms with Crippen molar-refractivity contribution in [2.45, 2.75) is 18.6 Å². The average Bonchev–Trinajstić information content (AvgIpc) is 2.80. The monoisotopic (exact) mass is 312 g/mol. The zero-order valence-electron chi connectivity index (χ0n) is 10.3. The van der Waals surface area contributed by atoms with Gasteiger partial charge in [0.15, 0.2) is 0 Å². The molecule has 0 aliphatic carbocycles. The molecule has 1 atom stereocenters. The SMILES string of the molecule is Cl.O=C(NC1CCNC1)c1cccc(C(F)(F)F)c1F. The Bertz CT molecular complexity index is 487. The number of carbonyl (C=O) groups excluding carboxylic acids is 1. The minimum Gasteiger partial charge on any atom is -0.348 e. The number of hydrogen-bond donors (Lipinski definition) is 2. The summed E-state index contributed by atoms with van der Waals surface area (Å²) < 4.78 is 51.2. The van der Waals surface area contributed by atoms with Gasteiger partial charge in [0, 0.05) is 12.6 Å². The van der Waals surface area contributed by atoms with Crippen LogP contribution in [0.4, 0.5) is 17.6 Å². The molecule has 0 radical (unpaired) electrons. The van der Waals surface area contributed by atoms with Gasteiger partial charge in [0.1, 0.15) is 5.82 Å². The van der Waals surface area contributed by atoms with Crippen LogP contribution in [0.1, 0.15) is 22.3 Å². The number of benzene rings is 1. The molecule has 112 valence electrons. The normalized spacial score (nSPS) is 18.5. The number of rotatable bonds is 2. The van der Waals surface area contributed by atoms with Gasteiger partial charge in [-0.3, -0.25) is 4.79 Å². The molecule has 1 aliphatic rings. The Morgan fingerprint density at radius 3 is 2.60 bits per heavy atom. The lowest BCUT2D eigenvalue weighted by Gasteiger charge is -2.14. The Labute approximate surface area is 119 Å². The highest BCUT2D eigenvalue weighted by molar-refractivity contribution is 5.95. The summed E-state index contributed by atoms with van der Waals surface area (Å²) in [5, 5.41) is 5.50. The number of carbonyl (C=O) groups is 1. The van der Waals surface area contributed by atoms with E-state index in [1.807, 2.05) is 0 Å². The van der Waals surface area contributed by atoms with Crippen LogP contribution in [-0.2, 0) is 6.18 Å². The molecule has 1 fully saturated rings. The number of alkyl halides is 3. The third-order valence-corrected chi connectivity index (χ3v) is 2.94. The van der Waals surface area contributed by atoms with E-state index >= 15 is 0 Å². The van der Waals surface area contributed by atoms with Gasteiger partial charge >= 0.3 is 6.18 Å². The van der Waals surface area contributed by atoms with Crippen LogP contribution in [-0.4, -0.2) is 25.0 Å². The first-order valence-corrected chi connectivity index (χ1v) is 5.77. The standard InChI is InChI=1S/C12H12F4N2O.ClH/c13-10-8(2-1-3-9(10)12(14,15)16)11(19)18-7-4-5-17-6-7;/h1-3,7,17H,4-6H2,(H,18,19);1H. The lowest BCUT2D eigenvalue weighted by Crippen LogP contribution is -2.36. The lowest BCUT2D eigenvalue weighted by atomic mass is 10.1. The molecule has 1 aromatic carbocycles. The fourth-order valence-electron chi connectivity index (χ4n) is 1.97. The van der Waals surface area contributed by atoms with Gasteiger partial charge < -0.3 is 10.6 Å². The van der Waals surface area contributed by atoms with Crippen LogP contribution in [0.3, 0.4) is 0 Å². The molecule has 8 heteroatoms. The summed E-state index contributed by atoms with van der Waals surface area (Å²) in [6, 6.07) is 2.50. The number of nitrogens with one attached hydrogen (secondary N) is 2. The van der Waals surface area contributed by atoms with Crippen molar-refractivity contribution in [1.29, 1.82) is 0 Å². The number of amides is 1. The van der Waals surface area contributed by atoms with E-state index in [4.69, 9.17) is 0 Å². The zero-order chi connectivity index (χ0) is 14.0. The van der Waals surface area contributed by atoms with Crippen LogP contribution < -0.4 is 10.6 Å². The maximum atomic E-state index is 13.7. The Balaban J connectivity index is 0.00000200. The molecule has 1 amide bonds. The van der Waals surface area contributed by atoms with Gasteiger partial charge in [0.25, 0.3) is 5.91 Å². The van der Waals surface area contributed by atoms with E-state index in [2.05, 4.69) is 10.6 Å². The van der Waals surface area contributed by atoms with Gasteiger partial charge in [-0.2, -0.15) is 13.2 Å². The Morgan fingerprint density at radius 2 is 2.05 bits per heavy atom. The van der Waals surface area contributed by atoms with E-state index in [9.17, 15) is 22.4 Å². The van der Waals surface area contributed by atoms with Crippen LogP contribution in [0, 0.1) is 5.82 Å². The van der Waals surface area contributed by atoms with Gasteiger partial charge in [-0.15, -0.1) is 12.4 Å². The molecular formula is C12H13ClF4N2O. The van der Waals surface area contributed by atoms with Gasteiger partial charge in [-0.1, -0.05) is 6.07 Å². The first kappa shape index (κ1) is 16.7. The molecular weight excluding hydrogens is 300 g/mol. The molecule has 20 heavy (non-hydrogen) atoms. The Hall–Kier alpha value is -1.34. The van der Waals surface area contributed by atoms with Crippen LogP contribution in [0.2, 0.25) is 0 Å². The second-order valence-electron chi connectivity index (χ2n) is 4.33. The quantitative estimate of drug-likeness (QED) is 0.823. The number of hydrogen-bond acceptors (Lipinski definition) is 2. The minimum atomic E-state index is -4.81. The minimum absolute atomic E-state index is 0. The molecule has 1 aliphatic heterocycles. The average molecular weight is 313 g/mol. The molecule has 2 rings (SSSR count). The molecule has 2 N–H and O–H groups in total. The summed E-state index contributed by atoms with van der Waals surface area (Å²) in [4.78, 5) is 11.8. The predicted octanol–water partition coefficient (Wildman–Crippen LogP) is 2.36. The maximum Gasteiger partial charge on any atom is 0.419 e. The van der Waals surface area contributed by atoms with Crippen LogP contribution in [0.25, 0.3) is 0 Å². The van der Waals surface area contributed by atoms with Gasteiger partial charge in [0.05, 0.1) is 11.1 Å². The maximum absolute atomic E-state index is 13.7. The summed E-state index contributed by atoms with van der Waals surface area (Å²) in [5.41, 5.74) is -2.01. The number of halogens is 5. The Morgan fingerprint density at radius 1 is 1.35 bits per heavy atom. The predicted molar refractivity (Wildman–Crippen MR) is 67.4 cm³/mol. The first-order chi connectivity index (χ1) is 8.89. The van der Waals surface area contributed by atoms with Crippen molar-refractivity contribution in [3.05, 3.63) is 35.1 Å². The first-order valence-electron chi connectivity index (χ1n) is 5.77. The highest BCUT2D eigenvalue weighted by atomic mass is 35.5. The molecule has 1 heterocycles. The van der Waals surface area contributed by atoms with E-state index in [-0.39, 0.29) is 18.4 Å². The molecule has 1 unspecified atom stereocenters.